The molecule has 3 atom stereocenters. The lowest BCUT2D eigenvalue weighted by atomic mass is 9.87. The lowest BCUT2D eigenvalue weighted by Crippen LogP contribution is -2.43. The summed E-state index contributed by atoms with van der Waals surface area (Å²) in [4.78, 5) is 43.3. The minimum atomic E-state index is -1.38. The van der Waals surface area contributed by atoms with E-state index in [0.29, 0.717) is 28.4 Å². The Balaban J connectivity index is 1.47. The first-order valence-electron chi connectivity index (χ1n) is 14.7. The van der Waals surface area contributed by atoms with Crippen molar-refractivity contribution in [1.82, 2.24) is 9.88 Å². The van der Waals surface area contributed by atoms with E-state index < -0.39 is 42.6 Å². The highest BCUT2D eigenvalue weighted by Crippen LogP contribution is 2.32. The summed E-state index contributed by atoms with van der Waals surface area (Å²) >= 11 is 6.21. The van der Waals surface area contributed by atoms with Crippen molar-refractivity contribution in [3.63, 3.8) is 0 Å². The van der Waals surface area contributed by atoms with Crippen molar-refractivity contribution in [2.24, 2.45) is 5.92 Å². The maximum absolute atomic E-state index is 13.9. The normalized spacial score (nSPS) is 13.6. The van der Waals surface area contributed by atoms with Crippen molar-refractivity contribution in [2.75, 3.05) is 0 Å². The second-order valence-corrected chi connectivity index (χ2v) is 11.5. The highest BCUT2D eigenvalue weighted by atomic mass is 35.5. The number of fused-ring (bicyclic) bond motifs is 2. The number of oxazole rings is 1. The quantitative estimate of drug-likeness (QED) is 0.137. The van der Waals surface area contributed by atoms with Crippen LogP contribution in [0, 0.1) is 5.92 Å². The van der Waals surface area contributed by atoms with Crippen LogP contribution in [0.2, 0.25) is 5.02 Å². The van der Waals surface area contributed by atoms with Crippen molar-refractivity contribution in [2.45, 2.75) is 44.7 Å². The fraction of sp³-hybridized carbons (Fsp3) is 0.222. The molecule has 230 valence electrons. The average molecular weight is 625 g/mol. The van der Waals surface area contributed by atoms with Gasteiger partial charge in [0.1, 0.15) is 5.52 Å². The summed E-state index contributed by atoms with van der Waals surface area (Å²) in [6.45, 7) is 1.88. The van der Waals surface area contributed by atoms with Crippen molar-refractivity contribution in [3.8, 4) is 0 Å². The molecular weight excluding hydrogens is 592 g/mol. The molecule has 45 heavy (non-hydrogen) atoms. The smallest absolute Gasteiger partial charge is 0.307 e. The van der Waals surface area contributed by atoms with Crippen LogP contribution in [-0.2, 0) is 20.9 Å². The number of allylic oxidation sites excluding steroid dienone is 1. The monoisotopic (exact) mass is 624 g/mol. The molecule has 0 spiro atoms. The minimum absolute atomic E-state index is 0.0213. The number of halogens is 1. The molecule has 0 saturated carbocycles. The van der Waals surface area contributed by atoms with Gasteiger partial charge in [-0.25, -0.2) is 4.98 Å². The Hall–Kier alpha value is -4.95. The van der Waals surface area contributed by atoms with E-state index in [0.717, 1.165) is 21.9 Å². The third-order valence-corrected chi connectivity index (χ3v) is 8.25. The molecule has 1 aromatic heterocycles. The van der Waals surface area contributed by atoms with E-state index in [1.54, 1.807) is 29.2 Å². The number of carboxylic acids is 2. The Morgan fingerprint density at radius 1 is 0.911 bits per heavy atom. The van der Waals surface area contributed by atoms with Gasteiger partial charge in [0.15, 0.2) is 5.58 Å². The fourth-order valence-electron chi connectivity index (χ4n) is 5.58. The van der Waals surface area contributed by atoms with Gasteiger partial charge in [-0.15, -0.1) is 0 Å². The second-order valence-electron chi connectivity index (χ2n) is 11.1. The molecule has 0 aliphatic heterocycles. The summed E-state index contributed by atoms with van der Waals surface area (Å²) in [5.41, 5.74) is 3.17. The fourth-order valence-corrected chi connectivity index (χ4v) is 5.71. The standard InChI is InChI=1S/C36H33ClN2O6/c1-23(30(26-15-17-29(37)18-16-26)10-6-7-24-13-14-25-8-2-3-9-27(25)19-24)39(34(40)20-28(36(43)44)21-35(41)42)22-33-38-31-11-4-5-12-32(31)45-33/h2-9,11-19,23,28,30H,10,20-22H2,1H3,(H,41,42)(H,43,44). The van der Waals surface area contributed by atoms with Gasteiger partial charge in [-0.05, 0) is 65.6 Å². The number of carbonyl (C=O) groups excluding carboxylic acids is 1. The van der Waals surface area contributed by atoms with Gasteiger partial charge >= 0.3 is 11.9 Å². The summed E-state index contributed by atoms with van der Waals surface area (Å²) in [6, 6.07) is 28.6. The van der Waals surface area contributed by atoms with Crippen LogP contribution < -0.4 is 0 Å². The summed E-state index contributed by atoms with van der Waals surface area (Å²) < 4.78 is 5.94. The zero-order chi connectivity index (χ0) is 31.9. The van der Waals surface area contributed by atoms with E-state index >= 15 is 0 Å². The van der Waals surface area contributed by atoms with Gasteiger partial charge in [0.2, 0.25) is 11.8 Å². The highest BCUT2D eigenvalue weighted by Gasteiger charge is 2.33. The van der Waals surface area contributed by atoms with Gasteiger partial charge in [-0.3, -0.25) is 14.4 Å². The third kappa shape index (κ3) is 7.96. The van der Waals surface area contributed by atoms with E-state index in [2.05, 4.69) is 41.4 Å². The molecule has 0 fully saturated rings. The first kappa shape index (κ1) is 31.5. The zero-order valence-corrected chi connectivity index (χ0v) is 25.4. The number of para-hydroxylation sites is 2. The first-order chi connectivity index (χ1) is 21.7. The predicted molar refractivity (Wildman–Crippen MR) is 174 cm³/mol. The molecule has 9 heteroatoms. The van der Waals surface area contributed by atoms with E-state index in [1.807, 2.05) is 49.4 Å². The molecule has 0 saturated heterocycles. The number of carbonyl (C=O) groups is 3. The molecule has 0 radical (unpaired) electrons. The molecule has 0 aliphatic carbocycles. The van der Waals surface area contributed by atoms with Gasteiger partial charge in [0, 0.05) is 23.4 Å². The Morgan fingerprint density at radius 2 is 1.62 bits per heavy atom. The SMILES string of the molecule is CC(C(CC=Cc1ccc2ccccc2c1)c1ccc(Cl)cc1)N(Cc1nc2ccccc2o1)C(=O)CC(CC(=O)O)C(=O)O. The number of nitrogens with zero attached hydrogens (tertiary/aromatic N) is 2. The number of aromatic nitrogens is 1. The average Bonchev–Trinajstić information content (AvgIpc) is 3.44. The van der Waals surface area contributed by atoms with Crippen LogP contribution in [0.5, 0.6) is 0 Å². The van der Waals surface area contributed by atoms with Crippen LogP contribution in [0.3, 0.4) is 0 Å². The molecular formula is C36H33ClN2O6. The van der Waals surface area contributed by atoms with Crippen molar-refractivity contribution in [3.05, 3.63) is 119 Å². The Kier molecular flexibility index (Phi) is 9.95. The molecule has 5 rings (SSSR count). The zero-order valence-electron chi connectivity index (χ0n) is 24.7. The topological polar surface area (TPSA) is 121 Å². The summed E-state index contributed by atoms with van der Waals surface area (Å²) in [5.74, 6) is -4.44. The van der Waals surface area contributed by atoms with Crippen LogP contribution in [0.4, 0.5) is 0 Å². The van der Waals surface area contributed by atoms with Crippen LogP contribution in [-0.4, -0.2) is 44.0 Å². The van der Waals surface area contributed by atoms with Crippen LogP contribution in [0.15, 0.2) is 101 Å². The van der Waals surface area contributed by atoms with Crippen molar-refractivity contribution in [1.29, 1.82) is 0 Å². The largest absolute Gasteiger partial charge is 0.481 e. The number of aliphatic carboxylic acids is 2. The number of carboxylic acid groups (broad SMARTS) is 2. The Labute approximate surface area is 265 Å². The maximum Gasteiger partial charge on any atom is 0.307 e. The number of hydrogen-bond donors (Lipinski definition) is 2. The Bertz CT molecular complexity index is 1810. The number of benzene rings is 4. The summed E-state index contributed by atoms with van der Waals surface area (Å²) in [5, 5.41) is 21.8. The minimum Gasteiger partial charge on any atom is -0.481 e. The highest BCUT2D eigenvalue weighted by molar-refractivity contribution is 6.30. The molecule has 2 N–H and O–H groups in total. The van der Waals surface area contributed by atoms with Gasteiger partial charge in [-0.1, -0.05) is 84.4 Å². The van der Waals surface area contributed by atoms with Crippen LogP contribution in [0.1, 0.15) is 49.1 Å². The summed E-state index contributed by atoms with van der Waals surface area (Å²) in [7, 11) is 0. The molecule has 4 aromatic carbocycles. The van der Waals surface area contributed by atoms with E-state index in [9.17, 15) is 24.6 Å². The van der Waals surface area contributed by atoms with Crippen LogP contribution >= 0.6 is 11.6 Å². The van der Waals surface area contributed by atoms with E-state index in [4.69, 9.17) is 16.0 Å². The van der Waals surface area contributed by atoms with Gasteiger partial charge in [-0.2, -0.15) is 0 Å². The van der Waals surface area contributed by atoms with E-state index in [1.165, 1.54) is 0 Å². The lowest BCUT2D eigenvalue weighted by molar-refractivity contribution is -0.151. The molecule has 8 nitrogen and oxygen atoms in total. The second kappa shape index (κ2) is 14.2. The van der Waals surface area contributed by atoms with Gasteiger partial charge in [0.25, 0.3) is 0 Å². The lowest BCUT2D eigenvalue weighted by Gasteiger charge is -2.35. The van der Waals surface area contributed by atoms with E-state index in [-0.39, 0.29) is 12.5 Å². The molecule has 1 amide bonds. The van der Waals surface area contributed by atoms with Gasteiger partial charge < -0.3 is 19.5 Å². The van der Waals surface area contributed by atoms with Crippen molar-refractivity contribution < 1.29 is 29.0 Å². The van der Waals surface area contributed by atoms with Crippen LogP contribution in [0.25, 0.3) is 27.9 Å². The summed E-state index contributed by atoms with van der Waals surface area (Å²) in [6.07, 6.45) is 3.51. The Morgan fingerprint density at radius 3 is 2.33 bits per heavy atom. The number of rotatable bonds is 13. The van der Waals surface area contributed by atoms with Gasteiger partial charge in [0.05, 0.1) is 18.9 Å². The number of hydrogen-bond acceptors (Lipinski definition) is 5. The molecule has 1 heterocycles. The predicted octanol–water partition coefficient (Wildman–Crippen LogP) is 7.80. The molecule has 0 aliphatic rings. The molecule has 5 aromatic rings. The molecule has 0 bridgehead atoms. The molecule has 3 unspecified atom stereocenters. The third-order valence-electron chi connectivity index (χ3n) is 8.00. The number of amides is 1. The maximum atomic E-state index is 13.9. The first-order valence-corrected chi connectivity index (χ1v) is 15.0. The van der Waals surface area contributed by atoms with Crippen molar-refractivity contribution >= 4 is 57.4 Å².